The Hall–Kier alpha value is -2.61. The van der Waals surface area contributed by atoms with Crippen molar-refractivity contribution in [3.63, 3.8) is 0 Å². The Morgan fingerprint density at radius 1 is 1.12 bits per heavy atom. The van der Waals surface area contributed by atoms with Gasteiger partial charge >= 0.3 is 6.18 Å². The summed E-state index contributed by atoms with van der Waals surface area (Å²) in [6.45, 7) is 1.51. The molecule has 8 heteroatoms. The first-order valence-electron chi connectivity index (χ1n) is 7.58. The number of anilines is 2. The van der Waals surface area contributed by atoms with Crippen LogP contribution in [0.25, 0.3) is 0 Å². The number of halogens is 3. The molecule has 2 rings (SSSR count). The number of likely N-dealkylation sites (N-methyl/N-ethyl adjacent to an activating group) is 1. The van der Waals surface area contributed by atoms with E-state index >= 15 is 0 Å². The van der Waals surface area contributed by atoms with Gasteiger partial charge in [-0.15, -0.1) is 0 Å². The molecule has 2 aromatic rings. The molecule has 0 atom stereocenters. The number of carbonyl (C=O) groups is 1. The second-order valence-corrected chi connectivity index (χ2v) is 5.72. The summed E-state index contributed by atoms with van der Waals surface area (Å²) < 4.78 is 37.6. The Bertz CT molecular complexity index is 715. The van der Waals surface area contributed by atoms with Crippen LogP contribution in [0.15, 0.2) is 42.7 Å². The number of alkyl halides is 3. The highest BCUT2D eigenvalue weighted by Crippen LogP contribution is 2.29. The Balaban J connectivity index is 2.00. The second-order valence-electron chi connectivity index (χ2n) is 5.72. The molecule has 0 fully saturated rings. The highest BCUT2D eigenvalue weighted by molar-refractivity contribution is 6.04. The molecule has 5 nitrogen and oxygen atoms in total. The molecule has 0 aliphatic rings. The summed E-state index contributed by atoms with van der Waals surface area (Å²) in [4.78, 5) is 18.2. The fourth-order valence-electron chi connectivity index (χ4n) is 2.03. The van der Waals surface area contributed by atoms with Gasteiger partial charge in [-0.1, -0.05) is 0 Å². The molecule has 1 amide bonds. The smallest absolute Gasteiger partial charge is 0.382 e. The van der Waals surface area contributed by atoms with Crippen molar-refractivity contribution in [3.05, 3.63) is 53.9 Å². The van der Waals surface area contributed by atoms with Crippen molar-refractivity contribution in [1.82, 2.24) is 9.88 Å². The minimum atomic E-state index is -4.40. The van der Waals surface area contributed by atoms with E-state index in [-0.39, 0.29) is 5.69 Å². The molecular weight excluding hydrogens is 333 g/mol. The lowest BCUT2D eigenvalue weighted by Crippen LogP contribution is -2.21. The molecule has 0 radical (unpaired) electrons. The van der Waals surface area contributed by atoms with Crippen molar-refractivity contribution in [2.75, 3.05) is 37.8 Å². The third-order valence-electron chi connectivity index (χ3n) is 3.36. The zero-order valence-electron chi connectivity index (χ0n) is 13.9. The largest absolute Gasteiger partial charge is 0.416 e. The predicted octanol–water partition coefficient (Wildman–Crippen LogP) is 3.33. The van der Waals surface area contributed by atoms with Gasteiger partial charge in [0.15, 0.2) is 0 Å². The number of nitrogens with zero attached hydrogens (tertiary/aromatic N) is 2. The maximum absolute atomic E-state index is 12.5. The van der Waals surface area contributed by atoms with Crippen LogP contribution in [0.2, 0.25) is 0 Å². The Morgan fingerprint density at radius 2 is 1.80 bits per heavy atom. The van der Waals surface area contributed by atoms with Crippen LogP contribution in [-0.4, -0.2) is 43.0 Å². The number of hydrogen-bond donors (Lipinski definition) is 2. The summed E-state index contributed by atoms with van der Waals surface area (Å²) in [5.74, 6) is -0.441. The second kappa shape index (κ2) is 7.98. The molecule has 25 heavy (non-hydrogen) atoms. The van der Waals surface area contributed by atoms with Crippen LogP contribution in [0.5, 0.6) is 0 Å². The molecule has 0 saturated heterocycles. The van der Waals surface area contributed by atoms with Crippen LogP contribution in [0.3, 0.4) is 0 Å². The summed E-state index contributed by atoms with van der Waals surface area (Å²) in [7, 11) is 3.90. The molecule has 1 aromatic heterocycles. The van der Waals surface area contributed by atoms with E-state index in [1.807, 2.05) is 19.0 Å². The van der Waals surface area contributed by atoms with Gasteiger partial charge in [-0.05, 0) is 44.4 Å². The molecule has 0 aliphatic carbocycles. The topological polar surface area (TPSA) is 57.3 Å². The third kappa shape index (κ3) is 5.75. The number of rotatable bonds is 6. The predicted molar refractivity (Wildman–Crippen MR) is 90.7 cm³/mol. The molecule has 1 aromatic carbocycles. The van der Waals surface area contributed by atoms with Gasteiger partial charge in [-0.2, -0.15) is 13.2 Å². The maximum Gasteiger partial charge on any atom is 0.416 e. The van der Waals surface area contributed by atoms with Crippen LogP contribution in [0.1, 0.15) is 15.9 Å². The van der Waals surface area contributed by atoms with Crippen LogP contribution >= 0.6 is 0 Å². The molecule has 0 saturated carbocycles. The van der Waals surface area contributed by atoms with Crippen LogP contribution in [0, 0.1) is 0 Å². The number of carbonyl (C=O) groups excluding carboxylic acids is 1. The monoisotopic (exact) mass is 352 g/mol. The average Bonchev–Trinajstić information content (AvgIpc) is 2.54. The van der Waals surface area contributed by atoms with Crippen LogP contribution in [0.4, 0.5) is 24.5 Å². The van der Waals surface area contributed by atoms with Gasteiger partial charge < -0.3 is 15.5 Å². The zero-order chi connectivity index (χ0) is 18.4. The molecule has 0 bridgehead atoms. The summed E-state index contributed by atoms with van der Waals surface area (Å²) in [5.41, 5.74) is 0.528. The van der Waals surface area contributed by atoms with Gasteiger partial charge in [0, 0.05) is 31.2 Å². The summed E-state index contributed by atoms with van der Waals surface area (Å²) in [5, 5.41) is 5.71. The quantitative estimate of drug-likeness (QED) is 0.837. The van der Waals surface area contributed by atoms with Crippen molar-refractivity contribution in [3.8, 4) is 0 Å². The number of amides is 1. The van der Waals surface area contributed by atoms with E-state index in [4.69, 9.17) is 0 Å². The van der Waals surface area contributed by atoms with Crippen molar-refractivity contribution in [1.29, 1.82) is 0 Å². The van der Waals surface area contributed by atoms with Crippen molar-refractivity contribution in [2.24, 2.45) is 0 Å². The van der Waals surface area contributed by atoms with Gasteiger partial charge in [0.2, 0.25) is 0 Å². The fraction of sp³-hybridized carbons (Fsp3) is 0.294. The third-order valence-corrected chi connectivity index (χ3v) is 3.36. The standard InChI is InChI=1S/C17H19F3N4O/c1-24(2)8-7-22-15-9-12(10-21-11-15)16(25)23-14-5-3-13(4-6-14)17(18,19)20/h3-6,9-11,22H,7-8H2,1-2H3,(H,23,25). The minimum Gasteiger partial charge on any atom is -0.382 e. The van der Waals surface area contributed by atoms with Gasteiger partial charge in [0.05, 0.1) is 16.8 Å². The summed E-state index contributed by atoms with van der Waals surface area (Å²) >= 11 is 0. The van der Waals surface area contributed by atoms with Gasteiger partial charge in [0.1, 0.15) is 0 Å². The fourth-order valence-corrected chi connectivity index (χ4v) is 2.03. The molecule has 0 spiro atoms. The van der Waals surface area contributed by atoms with E-state index in [9.17, 15) is 18.0 Å². The van der Waals surface area contributed by atoms with Crippen molar-refractivity contribution in [2.45, 2.75) is 6.18 Å². The summed E-state index contributed by atoms with van der Waals surface area (Å²) in [6.07, 6.45) is -1.40. The van der Waals surface area contributed by atoms with Crippen LogP contribution < -0.4 is 10.6 Å². The number of hydrogen-bond acceptors (Lipinski definition) is 4. The molecule has 0 aliphatic heterocycles. The normalized spacial score (nSPS) is 11.4. The first kappa shape index (κ1) is 18.7. The van der Waals surface area contributed by atoms with Gasteiger partial charge in [0.25, 0.3) is 5.91 Å². The number of nitrogens with one attached hydrogen (secondary N) is 2. The van der Waals surface area contributed by atoms with Crippen LogP contribution in [-0.2, 0) is 6.18 Å². The van der Waals surface area contributed by atoms with Crippen molar-refractivity contribution < 1.29 is 18.0 Å². The molecular formula is C17H19F3N4O. The lowest BCUT2D eigenvalue weighted by molar-refractivity contribution is -0.137. The lowest BCUT2D eigenvalue weighted by atomic mass is 10.2. The Kier molecular flexibility index (Phi) is 5.97. The van der Waals surface area contributed by atoms with E-state index in [0.717, 1.165) is 18.7 Å². The molecule has 0 unspecified atom stereocenters. The summed E-state index contributed by atoms with van der Waals surface area (Å²) in [6, 6.07) is 5.92. The Morgan fingerprint density at radius 3 is 2.40 bits per heavy atom. The first-order valence-corrected chi connectivity index (χ1v) is 7.58. The highest BCUT2D eigenvalue weighted by atomic mass is 19.4. The van der Waals surface area contributed by atoms with Crippen molar-refractivity contribution >= 4 is 17.3 Å². The van der Waals surface area contributed by atoms with E-state index in [2.05, 4.69) is 15.6 Å². The zero-order valence-corrected chi connectivity index (χ0v) is 13.9. The van der Waals surface area contributed by atoms with Gasteiger partial charge in [-0.3, -0.25) is 9.78 Å². The Labute approximate surface area is 143 Å². The number of pyridine rings is 1. The first-order chi connectivity index (χ1) is 11.8. The molecule has 134 valence electrons. The van der Waals surface area contributed by atoms with Gasteiger partial charge in [-0.25, -0.2) is 0 Å². The average molecular weight is 352 g/mol. The highest BCUT2D eigenvalue weighted by Gasteiger charge is 2.29. The molecule has 1 heterocycles. The van der Waals surface area contributed by atoms with E-state index < -0.39 is 17.6 Å². The number of aromatic nitrogens is 1. The SMILES string of the molecule is CN(C)CCNc1cncc(C(=O)Nc2ccc(C(F)(F)F)cc2)c1. The van der Waals surface area contributed by atoms with E-state index in [0.29, 0.717) is 17.8 Å². The maximum atomic E-state index is 12.5. The lowest BCUT2D eigenvalue weighted by Gasteiger charge is -2.12. The molecule has 2 N–H and O–H groups in total. The minimum absolute atomic E-state index is 0.281. The van der Waals surface area contributed by atoms with E-state index in [1.165, 1.54) is 18.3 Å². The van der Waals surface area contributed by atoms with E-state index in [1.54, 1.807) is 12.3 Å². The number of benzene rings is 1.